The van der Waals surface area contributed by atoms with E-state index in [0.29, 0.717) is 16.5 Å². The number of esters is 1. The molecule has 2 heterocycles. The predicted molar refractivity (Wildman–Crippen MR) is 125 cm³/mol. The molecule has 0 amide bonds. The number of hydrogen-bond donors (Lipinski definition) is 0. The molecule has 8 nitrogen and oxygen atoms in total. The van der Waals surface area contributed by atoms with Crippen LogP contribution in [0.15, 0.2) is 74.8 Å². The van der Waals surface area contributed by atoms with Gasteiger partial charge in [0.1, 0.15) is 22.9 Å². The fourth-order valence-corrected chi connectivity index (χ4v) is 5.61. The summed E-state index contributed by atoms with van der Waals surface area (Å²) in [6.45, 7) is 0.326. The van der Waals surface area contributed by atoms with Gasteiger partial charge in [-0.2, -0.15) is 4.31 Å². The highest BCUT2D eigenvalue weighted by molar-refractivity contribution is 7.89. The molecule has 4 aromatic rings. The summed E-state index contributed by atoms with van der Waals surface area (Å²) in [4.78, 5) is 24.3. The van der Waals surface area contributed by atoms with Gasteiger partial charge in [0.25, 0.3) is 0 Å². The van der Waals surface area contributed by atoms with Crippen LogP contribution in [0.1, 0.15) is 15.9 Å². The van der Waals surface area contributed by atoms with E-state index in [1.54, 1.807) is 6.07 Å². The van der Waals surface area contributed by atoms with Gasteiger partial charge >= 0.3 is 11.6 Å². The molecule has 1 aromatic heterocycles. The minimum absolute atomic E-state index is 0.0913. The van der Waals surface area contributed by atoms with Gasteiger partial charge in [-0.15, -0.1) is 0 Å². The standard InChI is InChI=1S/C25H20FNO7S/c26-20-7-5-17(13-22(20)35(30,31)27-9-11-32-12-10-27)25(29)33-15-18-14-23(28)34-21-8-6-16-3-1-2-4-19(16)24(18)21/h1-8,13-14H,9-12,15H2. The van der Waals surface area contributed by atoms with Crippen LogP contribution >= 0.6 is 0 Å². The van der Waals surface area contributed by atoms with Gasteiger partial charge in [0, 0.05) is 30.1 Å². The lowest BCUT2D eigenvalue weighted by molar-refractivity contribution is 0.0473. The van der Waals surface area contributed by atoms with E-state index in [1.807, 2.05) is 30.3 Å². The van der Waals surface area contributed by atoms with Crippen LogP contribution in [0.5, 0.6) is 0 Å². The van der Waals surface area contributed by atoms with Crippen molar-refractivity contribution < 1.29 is 31.5 Å². The molecular weight excluding hydrogens is 477 g/mol. The number of halogens is 1. The van der Waals surface area contributed by atoms with E-state index in [2.05, 4.69) is 0 Å². The van der Waals surface area contributed by atoms with Gasteiger partial charge in [-0.25, -0.2) is 22.4 Å². The summed E-state index contributed by atoms with van der Waals surface area (Å²) in [5.74, 6) is -1.82. The van der Waals surface area contributed by atoms with E-state index in [1.165, 1.54) is 6.07 Å². The zero-order valence-corrected chi connectivity index (χ0v) is 19.2. The zero-order chi connectivity index (χ0) is 24.6. The van der Waals surface area contributed by atoms with Gasteiger partial charge < -0.3 is 13.9 Å². The summed E-state index contributed by atoms with van der Waals surface area (Å²) < 4.78 is 57.3. The molecule has 0 unspecified atom stereocenters. The summed E-state index contributed by atoms with van der Waals surface area (Å²) in [5, 5.41) is 2.36. The Morgan fingerprint density at radius 2 is 1.80 bits per heavy atom. The normalized spacial score (nSPS) is 14.9. The average molecular weight is 498 g/mol. The molecule has 0 saturated carbocycles. The molecule has 1 fully saturated rings. The Morgan fingerprint density at radius 3 is 2.60 bits per heavy atom. The number of hydrogen-bond acceptors (Lipinski definition) is 7. The first-order valence-electron chi connectivity index (χ1n) is 10.8. The van der Waals surface area contributed by atoms with Crippen LogP contribution in [-0.4, -0.2) is 45.0 Å². The second-order valence-electron chi connectivity index (χ2n) is 7.99. The number of nitrogens with zero attached hydrogens (tertiary/aromatic N) is 1. The highest BCUT2D eigenvalue weighted by Crippen LogP contribution is 2.28. The summed E-state index contributed by atoms with van der Waals surface area (Å²) >= 11 is 0. The Balaban J connectivity index is 1.45. The maximum absolute atomic E-state index is 14.5. The summed E-state index contributed by atoms with van der Waals surface area (Å²) in [5.41, 5.74) is 0.0578. The van der Waals surface area contributed by atoms with Crippen molar-refractivity contribution in [1.82, 2.24) is 4.31 Å². The predicted octanol–water partition coefficient (Wildman–Crippen LogP) is 3.46. The summed E-state index contributed by atoms with van der Waals surface area (Å²) in [6.07, 6.45) is 0. The molecule has 3 aromatic carbocycles. The van der Waals surface area contributed by atoms with Crippen LogP contribution in [0.25, 0.3) is 21.7 Å². The Bertz CT molecular complexity index is 1610. The topological polar surface area (TPSA) is 103 Å². The summed E-state index contributed by atoms with van der Waals surface area (Å²) in [7, 11) is -4.16. The lowest BCUT2D eigenvalue weighted by Gasteiger charge is -2.26. The smallest absolute Gasteiger partial charge is 0.338 e. The molecule has 5 rings (SSSR count). The van der Waals surface area contributed by atoms with Crippen LogP contribution in [0.4, 0.5) is 4.39 Å². The Morgan fingerprint density at radius 1 is 1.03 bits per heavy atom. The number of morpholine rings is 1. The minimum Gasteiger partial charge on any atom is -0.457 e. The van der Waals surface area contributed by atoms with Crippen LogP contribution in [-0.2, 0) is 26.1 Å². The number of sulfonamides is 1. The lowest BCUT2D eigenvalue weighted by atomic mass is 10.0. The second kappa shape index (κ2) is 9.21. The molecule has 10 heteroatoms. The molecule has 35 heavy (non-hydrogen) atoms. The fourth-order valence-electron chi connectivity index (χ4n) is 4.11. The number of rotatable bonds is 5. The van der Waals surface area contributed by atoms with Crippen molar-refractivity contribution in [2.75, 3.05) is 26.3 Å². The third-order valence-electron chi connectivity index (χ3n) is 5.83. The SMILES string of the molecule is O=C(OCc1cc(=O)oc2ccc3ccccc3c12)c1ccc(F)c(S(=O)(=O)N2CCOCC2)c1. The zero-order valence-electron chi connectivity index (χ0n) is 18.4. The van der Waals surface area contributed by atoms with E-state index < -0.39 is 32.3 Å². The Labute approximate surface area is 199 Å². The Hall–Kier alpha value is -3.60. The average Bonchev–Trinajstić information content (AvgIpc) is 2.87. The van der Waals surface area contributed by atoms with Crippen molar-refractivity contribution >= 4 is 37.7 Å². The van der Waals surface area contributed by atoms with E-state index in [4.69, 9.17) is 13.9 Å². The van der Waals surface area contributed by atoms with Crippen molar-refractivity contribution in [3.05, 3.63) is 88.0 Å². The fraction of sp³-hybridized carbons (Fsp3) is 0.200. The molecule has 0 aliphatic carbocycles. The van der Waals surface area contributed by atoms with E-state index >= 15 is 0 Å². The minimum atomic E-state index is -4.16. The van der Waals surface area contributed by atoms with Crippen LogP contribution in [0.2, 0.25) is 0 Å². The van der Waals surface area contributed by atoms with Crippen LogP contribution in [0, 0.1) is 5.82 Å². The number of fused-ring (bicyclic) bond motifs is 3. The number of carbonyl (C=O) groups excluding carboxylic acids is 1. The van der Waals surface area contributed by atoms with Crippen molar-refractivity contribution in [2.24, 2.45) is 0 Å². The van der Waals surface area contributed by atoms with Crippen LogP contribution in [0.3, 0.4) is 0 Å². The van der Waals surface area contributed by atoms with Crippen molar-refractivity contribution in [1.29, 1.82) is 0 Å². The maximum atomic E-state index is 14.5. The number of benzene rings is 3. The third kappa shape index (κ3) is 4.43. The van der Waals surface area contributed by atoms with Gasteiger partial charge in [0.2, 0.25) is 10.0 Å². The van der Waals surface area contributed by atoms with Gasteiger partial charge in [-0.05, 0) is 35.0 Å². The molecule has 0 N–H and O–H groups in total. The van der Waals surface area contributed by atoms with Crippen LogP contribution < -0.4 is 5.63 Å². The number of carbonyl (C=O) groups is 1. The molecule has 0 radical (unpaired) electrons. The molecule has 1 saturated heterocycles. The molecule has 1 aliphatic heterocycles. The van der Waals surface area contributed by atoms with Gasteiger partial charge in [-0.1, -0.05) is 30.3 Å². The molecule has 0 spiro atoms. The van der Waals surface area contributed by atoms with Gasteiger partial charge in [-0.3, -0.25) is 0 Å². The van der Waals surface area contributed by atoms with Gasteiger partial charge in [0.15, 0.2) is 0 Å². The molecular formula is C25H20FNO7S. The molecule has 180 valence electrons. The molecule has 1 aliphatic rings. The quantitative estimate of drug-likeness (QED) is 0.236. The van der Waals surface area contributed by atoms with Gasteiger partial charge in [0.05, 0.1) is 18.8 Å². The second-order valence-corrected chi connectivity index (χ2v) is 9.89. The first-order valence-corrected chi connectivity index (χ1v) is 12.3. The summed E-state index contributed by atoms with van der Waals surface area (Å²) in [6, 6.07) is 15.3. The van der Waals surface area contributed by atoms with Crippen molar-refractivity contribution in [2.45, 2.75) is 11.5 Å². The molecule has 0 bridgehead atoms. The number of ether oxygens (including phenoxy) is 2. The highest BCUT2D eigenvalue weighted by Gasteiger charge is 2.30. The van der Waals surface area contributed by atoms with Crippen molar-refractivity contribution in [3.63, 3.8) is 0 Å². The molecule has 0 atom stereocenters. The lowest BCUT2D eigenvalue weighted by Crippen LogP contribution is -2.41. The Kier molecular flexibility index (Phi) is 6.10. The first kappa shape index (κ1) is 23.2. The van der Waals surface area contributed by atoms with E-state index in [9.17, 15) is 22.4 Å². The van der Waals surface area contributed by atoms with Crippen molar-refractivity contribution in [3.8, 4) is 0 Å². The van der Waals surface area contributed by atoms with E-state index in [-0.39, 0.29) is 38.5 Å². The van der Waals surface area contributed by atoms with E-state index in [0.717, 1.165) is 33.3 Å². The maximum Gasteiger partial charge on any atom is 0.338 e. The highest BCUT2D eigenvalue weighted by atomic mass is 32.2. The monoisotopic (exact) mass is 497 g/mol. The largest absolute Gasteiger partial charge is 0.457 e. The first-order chi connectivity index (χ1) is 16.8. The third-order valence-corrected chi connectivity index (χ3v) is 7.74.